The van der Waals surface area contributed by atoms with E-state index in [2.05, 4.69) is 11.9 Å². The van der Waals surface area contributed by atoms with Crippen molar-refractivity contribution in [1.82, 2.24) is 13.9 Å². The summed E-state index contributed by atoms with van der Waals surface area (Å²) < 4.78 is 4.39. The summed E-state index contributed by atoms with van der Waals surface area (Å²) in [5, 5.41) is 13.7. The van der Waals surface area contributed by atoms with E-state index in [-0.39, 0.29) is 12.2 Å². The van der Waals surface area contributed by atoms with E-state index in [0.29, 0.717) is 22.3 Å². The average Bonchev–Trinajstić information content (AvgIpc) is 3.00. The number of para-hydroxylation sites is 2. The minimum Gasteiger partial charge on any atom is -0.506 e. The van der Waals surface area contributed by atoms with E-state index in [1.807, 2.05) is 6.07 Å². The molecular formula is C24H22N4O4. The maximum atomic E-state index is 13.1. The lowest BCUT2D eigenvalue weighted by molar-refractivity contribution is 0.102. The molecule has 8 nitrogen and oxygen atoms in total. The quantitative estimate of drug-likeness (QED) is 0.476. The van der Waals surface area contributed by atoms with E-state index in [0.717, 1.165) is 0 Å². The Bertz CT molecular complexity index is 1480. The van der Waals surface area contributed by atoms with Crippen LogP contribution < -0.4 is 16.4 Å². The number of benzene rings is 2. The molecule has 8 heteroatoms. The Hall–Kier alpha value is -4.33. The molecule has 2 aromatic heterocycles. The van der Waals surface area contributed by atoms with Crippen molar-refractivity contribution in [2.75, 3.05) is 5.32 Å². The molecule has 0 fully saturated rings. The molecule has 0 spiro atoms. The molecule has 1 amide bonds. The van der Waals surface area contributed by atoms with E-state index in [1.165, 1.54) is 15.3 Å². The molecule has 0 aliphatic rings. The van der Waals surface area contributed by atoms with Crippen molar-refractivity contribution in [3.63, 3.8) is 0 Å². The summed E-state index contributed by atoms with van der Waals surface area (Å²) in [5.74, 6) is -1.29. The van der Waals surface area contributed by atoms with Crippen molar-refractivity contribution in [2.24, 2.45) is 7.05 Å². The molecule has 2 N–H and O–H groups in total. The fraction of sp³-hybridized carbons (Fsp3) is 0.125. The first-order valence-corrected chi connectivity index (χ1v) is 9.97. The third kappa shape index (κ3) is 3.22. The highest BCUT2D eigenvalue weighted by molar-refractivity contribution is 6.09. The monoisotopic (exact) mass is 430 g/mol. The molecular weight excluding hydrogens is 408 g/mol. The molecule has 32 heavy (non-hydrogen) atoms. The van der Waals surface area contributed by atoms with Crippen molar-refractivity contribution in [3.8, 4) is 11.4 Å². The first kappa shape index (κ1) is 20.9. The van der Waals surface area contributed by atoms with Gasteiger partial charge in [0, 0.05) is 19.0 Å². The van der Waals surface area contributed by atoms with Crippen molar-refractivity contribution in [3.05, 3.63) is 99.2 Å². The maximum absolute atomic E-state index is 13.1. The number of carbonyl (C=O) groups excluding carboxylic acids is 1. The second-order valence-electron chi connectivity index (χ2n) is 7.34. The van der Waals surface area contributed by atoms with Crippen molar-refractivity contribution >= 4 is 22.5 Å². The van der Waals surface area contributed by atoms with Crippen LogP contribution in [0.2, 0.25) is 0 Å². The number of allylic oxidation sites excluding steroid dienone is 1. The lowest BCUT2D eigenvalue weighted by Crippen LogP contribution is -2.31. The number of pyridine rings is 1. The van der Waals surface area contributed by atoms with Gasteiger partial charge in [0.15, 0.2) is 0 Å². The number of amides is 1. The maximum Gasteiger partial charge on any atom is 0.295 e. The lowest BCUT2D eigenvalue weighted by Gasteiger charge is -2.13. The number of nitrogens with zero attached hydrogens (tertiary/aromatic N) is 3. The highest BCUT2D eigenvalue weighted by Crippen LogP contribution is 2.27. The molecule has 4 rings (SSSR count). The van der Waals surface area contributed by atoms with Gasteiger partial charge >= 0.3 is 0 Å². The Morgan fingerprint density at radius 3 is 2.41 bits per heavy atom. The number of hydrogen-bond donors (Lipinski definition) is 2. The predicted octanol–water partition coefficient (Wildman–Crippen LogP) is 2.94. The zero-order valence-electron chi connectivity index (χ0n) is 17.7. The third-order valence-electron chi connectivity index (χ3n) is 5.48. The molecule has 0 unspecified atom stereocenters. The van der Waals surface area contributed by atoms with Gasteiger partial charge in [-0.2, -0.15) is 0 Å². The normalized spacial score (nSPS) is 10.9. The molecule has 0 aliphatic carbocycles. The summed E-state index contributed by atoms with van der Waals surface area (Å²) in [6.45, 7) is 5.51. The standard InChI is InChI=1S/C24H22N4O4/c1-4-14-27-18-13-9-8-12-17(18)21(29)19(23(27)31)22(30)25-20-15(2)26(3)28(24(20)32)16-10-6-5-7-11-16/h4-13,29H,1,14H2,2-3H3,(H,25,30). The number of rotatable bonds is 5. The molecule has 2 aromatic carbocycles. The first-order valence-electron chi connectivity index (χ1n) is 9.97. The summed E-state index contributed by atoms with van der Waals surface area (Å²) in [7, 11) is 1.70. The Morgan fingerprint density at radius 2 is 1.72 bits per heavy atom. The highest BCUT2D eigenvalue weighted by Gasteiger charge is 2.25. The van der Waals surface area contributed by atoms with Gasteiger partial charge in [0.05, 0.1) is 16.9 Å². The Morgan fingerprint density at radius 1 is 1.06 bits per heavy atom. The summed E-state index contributed by atoms with van der Waals surface area (Å²) >= 11 is 0. The number of nitrogens with one attached hydrogen (secondary N) is 1. The Labute approximate surface area is 183 Å². The lowest BCUT2D eigenvalue weighted by atomic mass is 10.1. The van der Waals surface area contributed by atoms with Crippen LogP contribution in [0.5, 0.6) is 5.75 Å². The average molecular weight is 430 g/mol. The third-order valence-corrected chi connectivity index (χ3v) is 5.48. The second kappa shape index (κ2) is 8.07. The summed E-state index contributed by atoms with van der Waals surface area (Å²) in [5.41, 5.74) is 0.0908. The molecule has 0 saturated carbocycles. The number of aromatic nitrogens is 3. The zero-order chi connectivity index (χ0) is 23.0. The van der Waals surface area contributed by atoms with E-state index < -0.39 is 28.3 Å². The summed E-state index contributed by atoms with van der Waals surface area (Å²) in [4.78, 5) is 39.3. The molecule has 0 bridgehead atoms. The molecule has 0 atom stereocenters. The van der Waals surface area contributed by atoms with Gasteiger partial charge in [-0.15, -0.1) is 6.58 Å². The fourth-order valence-electron chi connectivity index (χ4n) is 3.79. The van der Waals surface area contributed by atoms with Gasteiger partial charge in [-0.3, -0.25) is 19.1 Å². The number of fused-ring (bicyclic) bond motifs is 1. The molecule has 0 radical (unpaired) electrons. The van der Waals surface area contributed by atoms with Gasteiger partial charge in [-0.1, -0.05) is 36.4 Å². The van der Waals surface area contributed by atoms with Gasteiger partial charge in [-0.05, 0) is 31.2 Å². The second-order valence-corrected chi connectivity index (χ2v) is 7.34. The van der Waals surface area contributed by atoms with Crippen LogP contribution in [0.1, 0.15) is 16.1 Å². The molecule has 0 saturated heterocycles. The van der Waals surface area contributed by atoms with Crippen LogP contribution in [0.15, 0.2) is 76.8 Å². The van der Waals surface area contributed by atoms with Crippen molar-refractivity contribution in [2.45, 2.75) is 13.5 Å². The number of hydrogen-bond acceptors (Lipinski definition) is 4. The number of carbonyl (C=O) groups is 1. The minimum absolute atomic E-state index is 0.0311. The van der Waals surface area contributed by atoms with Crippen LogP contribution >= 0.6 is 0 Å². The Balaban J connectivity index is 1.85. The van der Waals surface area contributed by atoms with Crippen LogP contribution in [0.4, 0.5) is 5.69 Å². The van der Waals surface area contributed by atoms with Gasteiger partial charge in [-0.25, -0.2) is 4.68 Å². The van der Waals surface area contributed by atoms with Crippen molar-refractivity contribution in [1.29, 1.82) is 0 Å². The SMILES string of the molecule is C=CCn1c(=O)c(C(=O)Nc2c(C)n(C)n(-c3ccccc3)c2=O)c(O)c2ccccc21. The van der Waals surface area contributed by atoms with Crippen molar-refractivity contribution < 1.29 is 9.90 Å². The molecule has 162 valence electrons. The largest absolute Gasteiger partial charge is 0.506 e. The van der Waals surface area contributed by atoms with Gasteiger partial charge < -0.3 is 15.0 Å². The van der Waals surface area contributed by atoms with Gasteiger partial charge in [0.2, 0.25) is 0 Å². The van der Waals surface area contributed by atoms with Crippen LogP contribution in [0.3, 0.4) is 0 Å². The Kier molecular flexibility index (Phi) is 5.28. The minimum atomic E-state index is -0.859. The van der Waals surface area contributed by atoms with Crippen LogP contribution in [-0.4, -0.2) is 24.9 Å². The predicted molar refractivity (Wildman–Crippen MR) is 124 cm³/mol. The number of aromatic hydroxyl groups is 1. The van der Waals surface area contributed by atoms with E-state index >= 15 is 0 Å². The number of anilines is 1. The summed E-state index contributed by atoms with van der Waals surface area (Å²) in [6.07, 6.45) is 1.53. The van der Waals surface area contributed by atoms with Crippen LogP contribution in [-0.2, 0) is 13.6 Å². The van der Waals surface area contributed by atoms with E-state index in [9.17, 15) is 19.5 Å². The topological polar surface area (TPSA) is 98.3 Å². The first-order chi connectivity index (χ1) is 15.4. The van der Waals surface area contributed by atoms with E-state index in [1.54, 1.807) is 67.2 Å². The van der Waals surface area contributed by atoms with Gasteiger partial charge in [0.1, 0.15) is 17.0 Å². The van der Waals surface area contributed by atoms with Crippen LogP contribution in [0.25, 0.3) is 16.6 Å². The highest BCUT2D eigenvalue weighted by atomic mass is 16.3. The molecule has 4 aromatic rings. The van der Waals surface area contributed by atoms with Gasteiger partial charge in [0.25, 0.3) is 17.0 Å². The van der Waals surface area contributed by atoms with Crippen LogP contribution in [0, 0.1) is 6.92 Å². The zero-order valence-corrected chi connectivity index (χ0v) is 17.7. The molecule has 2 heterocycles. The molecule has 0 aliphatic heterocycles. The fourth-order valence-corrected chi connectivity index (χ4v) is 3.79. The van der Waals surface area contributed by atoms with E-state index in [4.69, 9.17) is 0 Å². The smallest absolute Gasteiger partial charge is 0.295 e. The summed E-state index contributed by atoms with van der Waals surface area (Å²) in [6, 6.07) is 15.7.